The zero-order valence-corrected chi connectivity index (χ0v) is 13.6. The van der Waals surface area contributed by atoms with Crippen LogP contribution in [0.25, 0.3) is 0 Å². The van der Waals surface area contributed by atoms with Crippen molar-refractivity contribution in [3.05, 3.63) is 30.1 Å². The van der Waals surface area contributed by atoms with Crippen LogP contribution in [0.4, 0.5) is 4.39 Å². The molecular weight excluding hydrogens is 299 g/mol. The molecule has 0 aromatic heterocycles. The highest BCUT2D eigenvalue weighted by molar-refractivity contribution is 5.89. The second-order valence-electron chi connectivity index (χ2n) is 6.19. The molecule has 126 valence electrons. The van der Waals surface area contributed by atoms with Crippen LogP contribution < -0.4 is 10.1 Å². The van der Waals surface area contributed by atoms with E-state index in [2.05, 4.69) is 5.32 Å². The van der Waals surface area contributed by atoms with Gasteiger partial charge in [0.05, 0.1) is 6.54 Å². The second kappa shape index (κ2) is 7.44. The number of halogens is 1. The Hall–Kier alpha value is -2.11. The van der Waals surface area contributed by atoms with Crippen molar-refractivity contribution in [1.82, 2.24) is 10.2 Å². The van der Waals surface area contributed by atoms with E-state index in [0.717, 1.165) is 32.4 Å². The number of rotatable bonds is 5. The average Bonchev–Trinajstić information content (AvgIpc) is 2.55. The first-order chi connectivity index (χ1) is 10.9. The molecule has 0 radical (unpaired) electrons. The van der Waals surface area contributed by atoms with E-state index in [9.17, 15) is 14.0 Å². The van der Waals surface area contributed by atoms with Crippen molar-refractivity contribution in [2.45, 2.75) is 38.7 Å². The lowest BCUT2D eigenvalue weighted by Gasteiger charge is -2.28. The third kappa shape index (κ3) is 4.94. The SMILES string of the molecule is CC(C)(Oc1ccc(F)cc1)C(=O)NCC(=O)N1CCCCC1. The Morgan fingerprint density at radius 2 is 1.78 bits per heavy atom. The van der Waals surface area contributed by atoms with Crippen LogP contribution in [0, 0.1) is 5.82 Å². The summed E-state index contributed by atoms with van der Waals surface area (Å²) in [7, 11) is 0. The fraction of sp³-hybridized carbons (Fsp3) is 0.529. The Labute approximate surface area is 135 Å². The minimum absolute atomic E-state index is 0.0327. The predicted molar refractivity (Wildman–Crippen MR) is 84.5 cm³/mol. The van der Waals surface area contributed by atoms with E-state index in [1.54, 1.807) is 18.7 Å². The smallest absolute Gasteiger partial charge is 0.264 e. The van der Waals surface area contributed by atoms with Gasteiger partial charge >= 0.3 is 0 Å². The minimum Gasteiger partial charge on any atom is -0.478 e. The molecule has 1 aromatic carbocycles. The number of amides is 2. The largest absolute Gasteiger partial charge is 0.478 e. The molecule has 0 saturated carbocycles. The lowest BCUT2D eigenvalue weighted by molar-refractivity contribution is -0.138. The molecule has 2 amide bonds. The Balaban J connectivity index is 1.85. The van der Waals surface area contributed by atoms with Gasteiger partial charge in [-0.25, -0.2) is 4.39 Å². The van der Waals surface area contributed by atoms with E-state index in [-0.39, 0.29) is 24.2 Å². The molecular formula is C17H23FN2O3. The molecule has 1 aliphatic rings. The molecule has 5 nitrogen and oxygen atoms in total. The fourth-order valence-corrected chi connectivity index (χ4v) is 2.47. The van der Waals surface area contributed by atoms with Gasteiger partial charge in [0.2, 0.25) is 5.91 Å². The molecule has 0 atom stereocenters. The van der Waals surface area contributed by atoms with Gasteiger partial charge in [-0.1, -0.05) is 0 Å². The van der Waals surface area contributed by atoms with Gasteiger partial charge in [-0.15, -0.1) is 0 Å². The molecule has 1 heterocycles. The van der Waals surface area contributed by atoms with E-state index in [0.29, 0.717) is 5.75 Å². The highest BCUT2D eigenvalue weighted by Crippen LogP contribution is 2.19. The number of carbonyl (C=O) groups excluding carboxylic acids is 2. The van der Waals surface area contributed by atoms with Gasteiger partial charge < -0.3 is 15.0 Å². The lowest BCUT2D eigenvalue weighted by Crippen LogP contribution is -2.50. The normalized spacial score (nSPS) is 15.2. The van der Waals surface area contributed by atoms with Gasteiger partial charge in [0.1, 0.15) is 11.6 Å². The summed E-state index contributed by atoms with van der Waals surface area (Å²) in [5.74, 6) is -0.427. The summed E-state index contributed by atoms with van der Waals surface area (Å²) in [5.41, 5.74) is -1.15. The fourth-order valence-electron chi connectivity index (χ4n) is 2.47. The summed E-state index contributed by atoms with van der Waals surface area (Å²) in [4.78, 5) is 26.1. The predicted octanol–water partition coefficient (Wildman–Crippen LogP) is 2.11. The molecule has 1 aromatic rings. The van der Waals surface area contributed by atoms with Crippen LogP contribution in [-0.4, -0.2) is 41.9 Å². The zero-order chi connectivity index (χ0) is 16.9. The first-order valence-electron chi connectivity index (χ1n) is 7.89. The number of likely N-dealkylation sites (tertiary alicyclic amines) is 1. The Kier molecular flexibility index (Phi) is 5.58. The lowest BCUT2D eigenvalue weighted by atomic mass is 10.1. The van der Waals surface area contributed by atoms with Crippen molar-refractivity contribution < 1.29 is 18.7 Å². The average molecular weight is 322 g/mol. The summed E-state index contributed by atoms with van der Waals surface area (Å²) in [6.07, 6.45) is 3.17. The van der Waals surface area contributed by atoms with Crippen LogP contribution in [0.1, 0.15) is 33.1 Å². The summed E-state index contributed by atoms with van der Waals surface area (Å²) < 4.78 is 18.5. The van der Waals surface area contributed by atoms with Crippen LogP contribution in [0.3, 0.4) is 0 Å². The third-order valence-electron chi connectivity index (χ3n) is 3.84. The summed E-state index contributed by atoms with van der Waals surface area (Å²) >= 11 is 0. The van der Waals surface area contributed by atoms with Gasteiger partial charge in [0.25, 0.3) is 5.91 Å². The quantitative estimate of drug-likeness (QED) is 0.903. The monoisotopic (exact) mass is 322 g/mol. The maximum atomic E-state index is 12.9. The van der Waals surface area contributed by atoms with E-state index < -0.39 is 5.60 Å². The molecule has 0 spiro atoms. The Bertz CT molecular complexity index is 551. The number of nitrogens with zero attached hydrogens (tertiary/aromatic N) is 1. The number of benzene rings is 1. The molecule has 23 heavy (non-hydrogen) atoms. The molecule has 1 saturated heterocycles. The second-order valence-corrected chi connectivity index (χ2v) is 6.19. The first kappa shape index (κ1) is 17.2. The van der Waals surface area contributed by atoms with E-state index >= 15 is 0 Å². The van der Waals surface area contributed by atoms with Crippen molar-refractivity contribution in [2.75, 3.05) is 19.6 Å². The van der Waals surface area contributed by atoms with Crippen molar-refractivity contribution >= 4 is 11.8 Å². The van der Waals surface area contributed by atoms with Gasteiger partial charge in [-0.2, -0.15) is 0 Å². The number of nitrogens with one attached hydrogen (secondary N) is 1. The van der Waals surface area contributed by atoms with Crippen LogP contribution in [0.15, 0.2) is 24.3 Å². The van der Waals surface area contributed by atoms with E-state index in [1.165, 1.54) is 24.3 Å². The van der Waals surface area contributed by atoms with Crippen molar-refractivity contribution in [2.24, 2.45) is 0 Å². The molecule has 1 aliphatic heterocycles. The minimum atomic E-state index is -1.15. The summed E-state index contributed by atoms with van der Waals surface area (Å²) in [6.45, 7) is 4.69. The third-order valence-corrected chi connectivity index (χ3v) is 3.84. The van der Waals surface area contributed by atoms with Gasteiger partial charge in [-0.05, 0) is 57.4 Å². The number of piperidine rings is 1. The van der Waals surface area contributed by atoms with Crippen LogP contribution in [-0.2, 0) is 9.59 Å². The van der Waals surface area contributed by atoms with Crippen molar-refractivity contribution in [3.63, 3.8) is 0 Å². The van der Waals surface area contributed by atoms with Gasteiger partial charge in [0, 0.05) is 13.1 Å². The van der Waals surface area contributed by atoms with Crippen LogP contribution in [0.2, 0.25) is 0 Å². The Morgan fingerprint density at radius 3 is 2.39 bits per heavy atom. The van der Waals surface area contributed by atoms with Crippen LogP contribution >= 0.6 is 0 Å². The van der Waals surface area contributed by atoms with Crippen molar-refractivity contribution in [3.8, 4) is 5.75 Å². The topological polar surface area (TPSA) is 58.6 Å². The number of carbonyl (C=O) groups is 2. The number of hydrogen-bond donors (Lipinski definition) is 1. The zero-order valence-electron chi connectivity index (χ0n) is 13.6. The van der Waals surface area contributed by atoms with Crippen LogP contribution in [0.5, 0.6) is 5.75 Å². The molecule has 0 unspecified atom stereocenters. The van der Waals surface area contributed by atoms with Gasteiger partial charge in [-0.3, -0.25) is 9.59 Å². The van der Waals surface area contributed by atoms with Crippen molar-refractivity contribution in [1.29, 1.82) is 0 Å². The summed E-state index contributed by atoms with van der Waals surface area (Å²) in [5, 5.41) is 2.62. The first-order valence-corrected chi connectivity index (χ1v) is 7.89. The molecule has 6 heteroatoms. The summed E-state index contributed by atoms with van der Waals surface area (Å²) in [6, 6.07) is 5.46. The number of ether oxygens (including phenoxy) is 1. The maximum Gasteiger partial charge on any atom is 0.264 e. The van der Waals surface area contributed by atoms with E-state index in [1.807, 2.05) is 0 Å². The molecule has 0 bridgehead atoms. The Morgan fingerprint density at radius 1 is 1.17 bits per heavy atom. The molecule has 1 fully saturated rings. The molecule has 1 N–H and O–H groups in total. The van der Waals surface area contributed by atoms with Gasteiger partial charge in [0.15, 0.2) is 5.60 Å². The highest BCUT2D eigenvalue weighted by Gasteiger charge is 2.30. The number of hydrogen-bond acceptors (Lipinski definition) is 3. The highest BCUT2D eigenvalue weighted by atomic mass is 19.1. The molecule has 0 aliphatic carbocycles. The molecule has 2 rings (SSSR count). The standard InChI is InChI=1S/C17H23FN2O3/c1-17(2,23-14-8-6-13(18)7-9-14)16(22)19-12-15(21)20-10-4-3-5-11-20/h6-9H,3-5,10-12H2,1-2H3,(H,19,22). The maximum absolute atomic E-state index is 12.9. The van der Waals surface area contributed by atoms with E-state index in [4.69, 9.17) is 4.74 Å².